The topological polar surface area (TPSA) is 26.7 Å². The monoisotopic (exact) mass is 322 g/mol. The lowest BCUT2D eigenvalue weighted by atomic mass is 10.2. The van der Waals surface area contributed by atoms with Crippen LogP contribution >= 0.6 is 23.3 Å². The van der Waals surface area contributed by atoms with Crippen molar-refractivity contribution >= 4 is 29.0 Å². The lowest BCUT2D eigenvalue weighted by Crippen LogP contribution is -2.43. The van der Waals surface area contributed by atoms with Crippen LogP contribution in [0.1, 0.15) is 13.8 Å². The molecule has 0 amide bonds. The highest BCUT2D eigenvalue weighted by Gasteiger charge is 2.18. The molecule has 0 spiro atoms. The molecule has 0 radical (unpaired) electrons. The minimum Gasteiger partial charge on any atom is -0.508 e. The van der Waals surface area contributed by atoms with Gasteiger partial charge in [0.1, 0.15) is 5.75 Å². The van der Waals surface area contributed by atoms with Crippen LogP contribution in [0, 0.1) is 0 Å². The van der Waals surface area contributed by atoms with Crippen LogP contribution in [-0.4, -0.2) is 35.6 Å². The zero-order valence-corrected chi connectivity index (χ0v) is 14.2. The van der Waals surface area contributed by atoms with E-state index in [9.17, 15) is 5.11 Å². The third kappa shape index (κ3) is 4.66. The number of aromatic hydroxyl groups is 1. The number of phenolic OH excluding ortho intramolecular Hbond substituents is 1. The van der Waals surface area contributed by atoms with E-state index in [0.717, 1.165) is 26.2 Å². The first-order valence-electron chi connectivity index (χ1n) is 7.32. The van der Waals surface area contributed by atoms with E-state index < -0.39 is 0 Å². The summed E-state index contributed by atoms with van der Waals surface area (Å²) in [4.78, 5) is 2.37. The second-order valence-electron chi connectivity index (χ2n) is 4.46. The molecule has 1 aliphatic heterocycles. The van der Waals surface area contributed by atoms with E-state index in [4.69, 9.17) is 0 Å². The average molecular weight is 322 g/mol. The molecule has 3 nitrogen and oxygen atoms in total. The summed E-state index contributed by atoms with van der Waals surface area (Å²) in [5.74, 6) is 0.329. The summed E-state index contributed by atoms with van der Waals surface area (Å²) in [6, 6.07) is 11.7. The number of hydrogen-bond donors (Lipinski definition) is 1. The Kier molecular flexibility index (Phi) is 6.42. The molecule has 1 fully saturated rings. The molecule has 5 heteroatoms. The summed E-state index contributed by atoms with van der Waals surface area (Å²) in [5, 5.41) is 11.4. The number of benzene rings is 1. The minimum atomic E-state index is 0.329. The van der Waals surface area contributed by atoms with Crippen LogP contribution in [0.25, 0.3) is 0 Å². The molecule has 0 bridgehead atoms. The average Bonchev–Trinajstić information content (AvgIpc) is 3.04. The molecule has 1 saturated heterocycles. The Morgan fingerprint density at radius 2 is 1.67 bits per heavy atom. The maximum Gasteiger partial charge on any atom is 0.115 e. The second-order valence-corrected chi connectivity index (χ2v) is 6.80. The largest absolute Gasteiger partial charge is 0.508 e. The van der Waals surface area contributed by atoms with Gasteiger partial charge in [0, 0.05) is 31.9 Å². The predicted octanol–water partition coefficient (Wildman–Crippen LogP) is 4.31. The predicted molar refractivity (Wildman–Crippen MR) is 93.4 cm³/mol. The molecule has 1 aromatic carbocycles. The van der Waals surface area contributed by atoms with Crippen molar-refractivity contribution in [3.05, 3.63) is 41.8 Å². The first kappa shape index (κ1) is 16.2. The van der Waals surface area contributed by atoms with Gasteiger partial charge in [0.2, 0.25) is 0 Å². The van der Waals surface area contributed by atoms with E-state index in [1.165, 1.54) is 9.90 Å². The van der Waals surface area contributed by atoms with Gasteiger partial charge in [0.15, 0.2) is 0 Å². The summed E-state index contributed by atoms with van der Waals surface area (Å²) in [6.45, 7) is 8.18. The van der Waals surface area contributed by atoms with Gasteiger partial charge in [0.25, 0.3) is 0 Å². The van der Waals surface area contributed by atoms with E-state index in [2.05, 4.69) is 26.7 Å². The van der Waals surface area contributed by atoms with Gasteiger partial charge in [-0.05, 0) is 47.7 Å². The number of hydrogen-bond acceptors (Lipinski definition) is 5. The molecule has 114 valence electrons. The number of anilines is 1. The van der Waals surface area contributed by atoms with Crippen LogP contribution in [0.15, 0.2) is 46.0 Å². The van der Waals surface area contributed by atoms with Crippen molar-refractivity contribution in [2.24, 2.45) is 0 Å². The number of rotatable bonds is 3. The summed E-state index contributed by atoms with van der Waals surface area (Å²) in [5.41, 5.74) is 1.19. The van der Waals surface area contributed by atoms with E-state index in [-0.39, 0.29) is 0 Å². The smallest absolute Gasteiger partial charge is 0.115 e. The number of thiophene rings is 1. The second kappa shape index (κ2) is 8.32. The molecule has 2 aromatic rings. The van der Waals surface area contributed by atoms with E-state index in [1.54, 1.807) is 23.5 Å². The molecule has 0 atom stereocenters. The van der Waals surface area contributed by atoms with Gasteiger partial charge < -0.3 is 10.0 Å². The van der Waals surface area contributed by atoms with Crippen molar-refractivity contribution in [1.29, 1.82) is 0 Å². The Labute approximate surface area is 135 Å². The number of piperazine rings is 1. The van der Waals surface area contributed by atoms with Gasteiger partial charge >= 0.3 is 0 Å². The van der Waals surface area contributed by atoms with Gasteiger partial charge in [-0.2, -0.15) is 0 Å². The van der Waals surface area contributed by atoms with Crippen molar-refractivity contribution < 1.29 is 5.11 Å². The van der Waals surface area contributed by atoms with Gasteiger partial charge in [-0.25, -0.2) is 4.31 Å². The van der Waals surface area contributed by atoms with Crippen molar-refractivity contribution in [3.8, 4) is 5.75 Å². The fourth-order valence-corrected chi connectivity index (χ4v) is 3.99. The lowest BCUT2D eigenvalue weighted by molar-refractivity contribution is 0.430. The highest BCUT2D eigenvalue weighted by Crippen LogP contribution is 2.29. The first-order chi connectivity index (χ1) is 10.3. The molecule has 1 N–H and O–H groups in total. The number of phenols is 1. The molecular weight excluding hydrogens is 300 g/mol. The molecule has 0 saturated carbocycles. The summed E-state index contributed by atoms with van der Waals surface area (Å²) in [6.07, 6.45) is 0. The first-order valence-corrected chi connectivity index (χ1v) is 8.97. The highest BCUT2D eigenvalue weighted by molar-refractivity contribution is 7.98. The van der Waals surface area contributed by atoms with Crippen molar-refractivity contribution in [2.45, 2.75) is 18.1 Å². The number of nitrogens with zero attached hydrogens (tertiary/aromatic N) is 2. The van der Waals surface area contributed by atoms with E-state index in [0.29, 0.717) is 5.75 Å². The standard InChI is InChI=1S/C14H16N2OS2.C2H6/c17-13-5-3-12(4-6-13)15-7-9-16(10-8-15)19-14-2-1-11-18-14;1-2/h1-6,11,17H,7-10H2;1-2H3. The Morgan fingerprint density at radius 1 is 1.00 bits per heavy atom. The molecular formula is C16H22N2OS2. The van der Waals surface area contributed by atoms with Crippen molar-refractivity contribution in [1.82, 2.24) is 4.31 Å². The normalized spacial score (nSPS) is 15.4. The third-order valence-corrected chi connectivity index (χ3v) is 5.28. The van der Waals surface area contributed by atoms with E-state index in [1.807, 2.05) is 37.9 Å². The zero-order chi connectivity index (χ0) is 15.1. The highest BCUT2D eigenvalue weighted by atomic mass is 32.2. The van der Waals surface area contributed by atoms with Crippen LogP contribution in [0.5, 0.6) is 5.75 Å². The third-order valence-electron chi connectivity index (χ3n) is 3.17. The molecule has 1 aromatic heterocycles. The summed E-state index contributed by atoms with van der Waals surface area (Å²) < 4.78 is 3.78. The molecule has 2 heterocycles. The van der Waals surface area contributed by atoms with Gasteiger partial charge in [-0.1, -0.05) is 19.9 Å². The Hall–Kier alpha value is -1.17. The Balaban J connectivity index is 0.000000774. The molecule has 3 rings (SSSR count). The molecule has 1 aliphatic rings. The molecule has 0 aliphatic carbocycles. The van der Waals surface area contributed by atoms with Gasteiger partial charge in [0.05, 0.1) is 4.21 Å². The van der Waals surface area contributed by atoms with Crippen LogP contribution < -0.4 is 4.90 Å². The summed E-state index contributed by atoms with van der Waals surface area (Å²) in [7, 11) is 0. The SMILES string of the molecule is CC.Oc1ccc(N2CCN(Sc3cccs3)CC2)cc1. The lowest BCUT2D eigenvalue weighted by Gasteiger charge is -2.35. The van der Waals surface area contributed by atoms with Crippen LogP contribution in [0.2, 0.25) is 0 Å². The maximum absolute atomic E-state index is 9.31. The van der Waals surface area contributed by atoms with Crippen molar-refractivity contribution in [2.75, 3.05) is 31.1 Å². The summed E-state index contributed by atoms with van der Waals surface area (Å²) >= 11 is 3.65. The maximum atomic E-state index is 9.31. The van der Waals surface area contributed by atoms with Gasteiger partial charge in [-0.15, -0.1) is 11.3 Å². The molecule has 21 heavy (non-hydrogen) atoms. The quantitative estimate of drug-likeness (QED) is 0.852. The minimum absolute atomic E-state index is 0.329. The molecule has 0 unspecified atom stereocenters. The fourth-order valence-electron chi connectivity index (χ4n) is 2.14. The van der Waals surface area contributed by atoms with Crippen LogP contribution in [0.3, 0.4) is 0 Å². The Bertz CT molecular complexity index is 506. The Morgan fingerprint density at radius 3 is 2.24 bits per heavy atom. The van der Waals surface area contributed by atoms with Crippen LogP contribution in [-0.2, 0) is 0 Å². The van der Waals surface area contributed by atoms with Crippen LogP contribution in [0.4, 0.5) is 5.69 Å². The van der Waals surface area contributed by atoms with Gasteiger partial charge in [-0.3, -0.25) is 0 Å². The van der Waals surface area contributed by atoms with E-state index >= 15 is 0 Å². The zero-order valence-electron chi connectivity index (χ0n) is 12.5. The fraction of sp³-hybridized carbons (Fsp3) is 0.375. The van der Waals surface area contributed by atoms with Crippen molar-refractivity contribution in [3.63, 3.8) is 0 Å².